The molecule has 0 aliphatic carbocycles. The van der Waals surface area contributed by atoms with Crippen molar-refractivity contribution in [2.75, 3.05) is 10.6 Å². The molecule has 0 aliphatic heterocycles. The number of carbonyl (C=O) groups excluding carboxylic acids is 1. The van der Waals surface area contributed by atoms with E-state index in [-0.39, 0.29) is 11.9 Å². The van der Waals surface area contributed by atoms with Crippen LogP contribution in [0.3, 0.4) is 0 Å². The van der Waals surface area contributed by atoms with Crippen molar-refractivity contribution in [1.82, 2.24) is 9.97 Å². The van der Waals surface area contributed by atoms with E-state index < -0.39 is 0 Å². The van der Waals surface area contributed by atoms with Crippen molar-refractivity contribution in [3.63, 3.8) is 0 Å². The van der Waals surface area contributed by atoms with E-state index in [9.17, 15) is 4.79 Å². The molecular formula is C18H24N4O. The molecule has 5 nitrogen and oxygen atoms in total. The van der Waals surface area contributed by atoms with Crippen LogP contribution in [0.4, 0.5) is 11.6 Å². The van der Waals surface area contributed by atoms with Gasteiger partial charge in [-0.25, -0.2) is 9.97 Å². The Kier molecular flexibility index (Phi) is 5.68. The number of amides is 1. The third-order valence-corrected chi connectivity index (χ3v) is 3.57. The number of nitrogens with zero attached hydrogens (tertiary/aromatic N) is 2. The summed E-state index contributed by atoms with van der Waals surface area (Å²) in [5.41, 5.74) is 3.63. The van der Waals surface area contributed by atoms with Crippen molar-refractivity contribution in [3.05, 3.63) is 47.3 Å². The van der Waals surface area contributed by atoms with E-state index >= 15 is 0 Å². The second-order valence-corrected chi connectivity index (χ2v) is 5.71. The van der Waals surface area contributed by atoms with Gasteiger partial charge in [0.1, 0.15) is 0 Å². The largest absolute Gasteiger partial charge is 0.352 e. The number of carbonyl (C=O) groups is 1. The van der Waals surface area contributed by atoms with Crippen LogP contribution in [0.15, 0.2) is 30.6 Å². The lowest BCUT2D eigenvalue weighted by Gasteiger charge is -2.14. The van der Waals surface area contributed by atoms with Crippen LogP contribution in [0.5, 0.6) is 0 Å². The van der Waals surface area contributed by atoms with Crippen molar-refractivity contribution < 1.29 is 4.79 Å². The highest BCUT2D eigenvalue weighted by Gasteiger charge is 2.12. The molecule has 1 heterocycles. The Balaban J connectivity index is 2.19. The maximum Gasteiger partial charge on any atom is 0.258 e. The highest BCUT2D eigenvalue weighted by molar-refractivity contribution is 6.04. The second kappa shape index (κ2) is 7.72. The number of aryl methyl sites for hydroxylation is 2. The zero-order chi connectivity index (χ0) is 16.8. The Morgan fingerprint density at radius 3 is 2.13 bits per heavy atom. The van der Waals surface area contributed by atoms with E-state index in [1.807, 2.05) is 32.0 Å². The molecule has 0 saturated heterocycles. The van der Waals surface area contributed by atoms with Crippen LogP contribution < -0.4 is 10.6 Å². The Bertz CT molecular complexity index is 643. The molecule has 5 heteroatoms. The van der Waals surface area contributed by atoms with Gasteiger partial charge >= 0.3 is 0 Å². The Labute approximate surface area is 137 Å². The molecule has 122 valence electrons. The number of anilines is 2. The van der Waals surface area contributed by atoms with E-state index in [4.69, 9.17) is 0 Å². The maximum atomic E-state index is 12.5. The zero-order valence-corrected chi connectivity index (χ0v) is 14.2. The highest BCUT2D eigenvalue weighted by atomic mass is 16.1. The standard InChI is InChI=1S/C18H24N4O/c1-5-13-8-7-9-14(6-2)16(13)22-17(23)15-10-19-18(20-11-15)21-12(3)4/h7-12H,5-6H2,1-4H3,(H,22,23)(H,19,20,21). The first-order chi connectivity index (χ1) is 11.0. The highest BCUT2D eigenvalue weighted by Crippen LogP contribution is 2.23. The lowest BCUT2D eigenvalue weighted by atomic mass is 10.0. The predicted molar refractivity (Wildman–Crippen MR) is 93.9 cm³/mol. The van der Waals surface area contributed by atoms with Crippen molar-refractivity contribution in [1.29, 1.82) is 0 Å². The summed E-state index contributed by atoms with van der Waals surface area (Å²) < 4.78 is 0. The molecule has 0 saturated carbocycles. The van der Waals surface area contributed by atoms with Crippen LogP contribution in [0.25, 0.3) is 0 Å². The maximum absolute atomic E-state index is 12.5. The molecule has 0 bridgehead atoms. The van der Waals surface area contributed by atoms with Gasteiger partial charge < -0.3 is 10.6 Å². The molecule has 2 aromatic rings. The lowest BCUT2D eigenvalue weighted by Crippen LogP contribution is -2.17. The van der Waals surface area contributed by atoms with E-state index in [1.54, 1.807) is 12.4 Å². The first kappa shape index (κ1) is 16.9. The molecule has 23 heavy (non-hydrogen) atoms. The third kappa shape index (κ3) is 4.28. The smallest absolute Gasteiger partial charge is 0.258 e. The summed E-state index contributed by atoms with van der Waals surface area (Å²) >= 11 is 0. The van der Waals surface area contributed by atoms with E-state index in [0.29, 0.717) is 11.5 Å². The lowest BCUT2D eigenvalue weighted by molar-refractivity contribution is 0.102. The number of para-hydroxylation sites is 1. The first-order valence-electron chi connectivity index (χ1n) is 8.05. The molecular weight excluding hydrogens is 288 g/mol. The number of hydrogen-bond acceptors (Lipinski definition) is 4. The monoisotopic (exact) mass is 312 g/mol. The van der Waals surface area contributed by atoms with Gasteiger partial charge in [-0.2, -0.15) is 0 Å². The van der Waals surface area contributed by atoms with E-state index in [2.05, 4.69) is 34.4 Å². The van der Waals surface area contributed by atoms with Crippen molar-refractivity contribution in [2.24, 2.45) is 0 Å². The molecule has 2 N–H and O–H groups in total. The van der Waals surface area contributed by atoms with Gasteiger partial charge in [-0.05, 0) is 37.8 Å². The summed E-state index contributed by atoms with van der Waals surface area (Å²) in [5, 5.41) is 6.12. The van der Waals surface area contributed by atoms with Crippen LogP contribution in [-0.4, -0.2) is 21.9 Å². The number of hydrogen-bond donors (Lipinski definition) is 2. The van der Waals surface area contributed by atoms with Gasteiger partial charge in [-0.1, -0.05) is 32.0 Å². The van der Waals surface area contributed by atoms with Crippen molar-refractivity contribution >= 4 is 17.5 Å². The second-order valence-electron chi connectivity index (χ2n) is 5.71. The number of benzene rings is 1. The molecule has 0 radical (unpaired) electrons. The summed E-state index contributed by atoms with van der Waals surface area (Å²) in [6.07, 6.45) is 4.84. The molecule has 1 amide bonds. The minimum Gasteiger partial charge on any atom is -0.352 e. The molecule has 0 fully saturated rings. The minimum atomic E-state index is -0.184. The molecule has 0 unspecified atom stereocenters. The molecule has 0 spiro atoms. The average Bonchev–Trinajstić information content (AvgIpc) is 2.55. The van der Waals surface area contributed by atoms with Crippen molar-refractivity contribution in [3.8, 4) is 0 Å². The van der Waals surface area contributed by atoms with Gasteiger partial charge in [0, 0.05) is 24.1 Å². The average molecular weight is 312 g/mol. The number of aromatic nitrogens is 2. The summed E-state index contributed by atoms with van der Waals surface area (Å²) in [5.74, 6) is 0.344. The van der Waals surface area contributed by atoms with Gasteiger partial charge in [-0.15, -0.1) is 0 Å². The van der Waals surface area contributed by atoms with Gasteiger partial charge in [0.2, 0.25) is 5.95 Å². The molecule has 0 atom stereocenters. The van der Waals surface area contributed by atoms with Crippen LogP contribution in [-0.2, 0) is 12.8 Å². The molecule has 1 aromatic carbocycles. The van der Waals surface area contributed by atoms with E-state index in [0.717, 1.165) is 29.7 Å². The number of rotatable bonds is 6. The van der Waals surface area contributed by atoms with Gasteiger partial charge in [-0.3, -0.25) is 4.79 Å². The fraction of sp³-hybridized carbons (Fsp3) is 0.389. The van der Waals surface area contributed by atoms with Crippen molar-refractivity contribution in [2.45, 2.75) is 46.6 Å². The molecule has 0 aliphatic rings. The van der Waals surface area contributed by atoms with Crippen LogP contribution in [0, 0.1) is 0 Å². The Morgan fingerprint density at radius 1 is 1.09 bits per heavy atom. The molecule has 2 rings (SSSR count). The summed E-state index contributed by atoms with van der Waals surface area (Å²) in [4.78, 5) is 20.8. The fourth-order valence-corrected chi connectivity index (χ4v) is 2.37. The first-order valence-corrected chi connectivity index (χ1v) is 8.05. The van der Waals surface area contributed by atoms with Gasteiger partial charge in [0.15, 0.2) is 0 Å². The topological polar surface area (TPSA) is 66.9 Å². The predicted octanol–water partition coefficient (Wildman–Crippen LogP) is 3.67. The third-order valence-electron chi connectivity index (χ3n) is 3.57. The van der Waals surface area contributed by atoms with E-state index in [1.165, 1.54) is 0 Å². The molecule has 1 aromatic heterocycles. The van der Waals surface area contributed by atoms with Crippen LogP contribution in [0.2, 0.25) is 0 Å². The quantitative estimate of drug-likeness (QED) is 0.854. The van der Waals surface area contributed by atoms with Gasteiger partial charge in [0.25, 0.3) is 5.91 Å². The summed E-state index contributed by atoms with van der Waals surface area (Å²) in [6.45, 7) is 8.19. The Morgan fingerprint density at radius 2 is 1.65 bits per heavy atom. The fourth-order valence-electron chi connectivity index (χ4n) is 2.37. The SMILES string of the molecule is CCc1cccc(CC)c1NC(=O)c1cnc(NC(C)C)nc1. The van der Waals surface area contributed by atoms with Crippen LogP contribution in [0.1, 0.15) is 49.2 Å². The van der Waals surface area contributed by atoms with Gasteiger partial charge in [0.05, 0.1) is 5.56 Å². The Hall–Kier alpha value is -2.43. The zero-order valence-electron chi connectivity index (χ0n) is 14.2. The summed E-state index contributed by atoms with van der Waals surface area (Å²) in [6, 6.07) is 6.36. The summed E-state index contributed by atoms with van der Waals surface area (Å²) in [7, 11) is 0. The van der Waals surface area contributed by atoms with Crippen LogP contribution >= 0.6 is 0 Å². The normalized spacial score (nSPS) is 10.7. The minimum absolute atomic E-state index is 0.184. The number of nitrogens with one attached hydrogen (secondary N) is 2.